The number of halogens is 1. The number of anilines is 1. The van der Waals surface area contributed by atoms with E-state index in [0.717, 1.165) is 15.0 Å². The van der Waals surface area contributed by atoms with E-state index < -0.39 is 6.09 Å². The van der Waals surface area contributed by atoms with Crippen LogP contribution in [0.2, 0.25) is 0 Å². The fourth-order valence-corrected chi connectivity index (χ4v) is 4.68. The number of nitrogen functional groups attached to an aromatic ring is 1. The van der Waals surface area contributed by atoms with E-state index in [0.29, 0.717) is 43.7 Å². The molecule has 2 aliphatic rings. The minimum absolute atomic E-state index is 0.125. The summed E-state index contributed by atoms with van der Waals surface area (Å²) in [6.07, 6.45) is 1.97. The summed E-state index contributed by atoms with van der Waals surface area (Å²) < 4.78 is 0.785. The molecule has 0 saturated carbocycles. The maximum absolute atomic E-state index is 12.5. The number of H-pyrrole nitrogens is 1. The molecule has 1 spiro atoms. The Hall–Kier alpha value is -2.37. The molecule has 0 bridgehead atoms. The van der Waals surface area contributed by atoms with Gasteiger partial charge in [0.25, 0.3) is 5.91 Å². The van der Waals surface area contributed by atoms with Crippen LogP contribution in [0.5, 0.6) is 0 Å². The van der Waals surface area contributed by atoms with Gasteiger partial charge in [0.2, 0.25) is 5.95 Å². The second kappa shape index (κ2) is 6.11. The average Bonchev–Trinajstić information content (AvgIpc) is 2.98. The fraction of sp³-hybridized carbons (Fsp3) is 0.375. The van der Waals surface area contributed by atoms with Gasteiger partial charge >= 0.3 is 6.09 Å². The van der Waals surface area contributed by atoms with Crippen molar-refractivity contribution >= 4 is 40.5 Å². The Labute approximate surface area is 162 Å². The first-order valence-electron chi connectivity index (χ1n) is 8.18. The van der Waals surface area contributed by atoms with E-state index in [2.05, 4.69) is 42.9 Å². The molecule has 2 aliphatic heterocycles. The molecule has 4 rings (SSSR count). The van der Waals surface area contributed by atoms with Crippen LogP contribution in [0.3, 0.4) is 0 Å². The molecule has 136 valence electrons. The first-order valence-corrected chi connectivity index (χ1v) is 9.26. The van der Waals surface area contributed by atoms with Crippen molar-refractivity contribution in [2.75, 3.05) is 25.4 Å². The molecule has 0 aliphatic carbocycles. The molecule has 0 atom stereocenters. The van der Waals surface area contributed by atoms with Crippen LogP contribution >= 0.6 is 22.6 Å². The Morgan fingerprint density at radius 2 is 2.12 bits per heavy atom. The van der Waals surface area contributed by atoms with Gasteiger partial charge in [0, 0.05) is 36.9 Å². The molecule has 0 aromatic carbocycles. The van der Waals surface area contributed by atoms with Gasteiger partial charge in [-0.2, -0.15) is 0 Å². The molecular weight excluding hydrogens is 451 g/mol. The number of carbonyl (C=O) groups excluding carboxylic acids is 1. The Balaban J connectivity index is 1.79. The summed E-state index contributed by atoms with van der Waals surface area (Å²) in [6.45, 7) is 1.38. The van der Waals surface area contributed by atoms with Gasteiger partial charge in [0.1, 0.15) is 0 Å². The molecule has 1 fully saturated rings. The van der Waals surface area contributed by atoms with Crippen molar-refractivity contribution in [2.24, 2.45) is 0 Å². The second-order valence-corrected chi connectivity index (χ2v) is 7.68. The van der Waals surface area contributed by atoms with Crippen LogP contribution in [0, 0.1) is 3.57 Å². The van der Waals surface area contributed by atoms with Gasteiger partial charge in [-0.1, -0.05) is 0 Å². The smallest absolute Gasteiger partial charge is 0.407 e. The second-order valence-electron chi connectivity index (χ2n) is 6.60. The topological polar surface area (TPSA) is 137 Å². The van der Waals surface area contributed by atoms with E-state index in [1.54, 1.807) is 12.3 Å². The molecular formula is C16H17IN6O3. The molecule has 0 radical (unpaired) electrons. The molecule has 2 aromatic heterocycles. The van der Waals surface area contributed by atoms with Crippen molar-refractivity contribution in [3.05, 3.63) is 27.1 Å². The van der Waals surface area contributed by atoms with Crippen LogP contribution in [0.15, 0.2) is 12.3 Å². The number of rotatable bonds is 1. The van der Waals surface area contributed by atoms with Crippen molar-refractivity contribution < 1.29 is 14.7 Å². The zero-order valence-corrected chi connectivity index (χ0v) is 15.9. The predicted molar refractivity (Wildman–Crippen MR) is 102 cm³/mol. The monoisotopic (exact) mass is 468 g/mol. The molecule has 26 heavy (non-hydrogen) atoms. The first kappa shape index (κ1) is 17.1. The number of aromatic nitrogens is 3. The highest BCUT2D eigenvalue weighted by atomic mass is 127. The number of fused-ring (bicyclic) bond motifs is 2. The Bertz CT molecular complexity index is 903. The molecule has 2 aromatic rings. The third-order valence-electron chi connectivity index (χ3n) is 5.21. The highest BCUT2D eigenvalue weighted by Gasteiger charge is 2.45. The van der Waals surface area contributed by atoms with Gasteiger partial charge < -0.3 is 26.0 Å². The van der Waals surface area contributed by atoms with Gasteiger partial charge in [0.05, 0.1) is 20.5 Å². The number of nitrogens with zero attached hydrogens (tertiary/aromatic N) is 3. The third-order valence-corrected chi connectivity index (χ3v) is 6.28. The van der Waals surface area contributed by atoms with E-state index >= 15 is 0 Å². The molecule has 4 heterocycles. The number of hydrogen-bond acceptors (Lipinski definition) is 5. The number of aromatic amines is 1. The molecule has 5 N–H and O–H groups in total. The van der Waals surface area contributed by atoms with Gasteiger partial charge in [-0.15, -0.1) is 0 Å². The number of likely N-dealkylation sites (tertiary alicyclic amines) is 1. The lowest BCUT2D eigenvalue weighted by Gasteiger charge is -2.43. The van der Waals surface area contributed by atoms with Gasteiger partial charge in [-0.25, -0.2) is 14.8 Å². The normalized spacial score (nSPS) is 18.5. The summed E-state index contributed by atoms with van der Waals surface area (Å²) in [5.41, 5.74) is 8.24. The molecule has 0 unspecified atom stereocenters. The fourth-order valence-electron chi connectivity index (χ4n) is 3.76. The Morgan fingerprint density at radius 3 is 2.77 bits per heavy atom. The van der Waals surface area contributed by atoms with Crippen LogP contribution in [-0.2, 0) is 5.41 Å². The Kier molecular flexibility index (Phi) is 4.01. The number of carbonyl (C=O) groups is 2. The average molecular weight is 468 g/mol. The van der Waals surface area contributed by atoms with Gasteiger partial charge in [-0.3, -0.25) is 4.79 Å². The summed E-state index contributed by atoms with van der Waals surface area (Å²) in [5.74, 6) is 0.0417. The van der Waals surface area contributed by atoms with Gasteiger partial charge in [0.15, 0.2) is 0 Å². The number of nitrogens with one attached hydrogen (secondary N) is 2. The zero-order valence-electron chi connectivity index (χ0n) is 13.8. The summed E-state index contributed by atoms with van der Waals surface area (Å²) in [6, 6.07) is 1.74. The SMILES string of the molecule is Nc1nccc(-c2[nH]c3c(c2I)C(=O)NCC32CCN(C(=O)O)CC2)n1. The van der Waals surface area contributed by atoms with Crippen molar-refractivity contribution in [1.82, 2.24) is 25.2 Å². The molecule has 9 nitrogen and oxygen atoms in total. The summed E-state index contributed by atoms with van der Waals surface area (Å²) in [4.78, 5) is 36.7. The lowest BCUT2D eigenvalue weighted by Crippen LogP contribution is -2.53. The minimum Gasteiger partial charge on any atom is -0.465 e. The quantitative estimate of drug-likeness (QED) is 0.468. The zero-order chi connectivity index (χ0) is 18.5. The van der Waals surface area contributed by atoms with E-state index in [1.165, 1.54) is 4.90 Å². The molecule has 2 amide bonds. The lowest BCUT2D eigenvalue weighted by atomic mass is 9.72. The Morgan fingerprint density at radius 1 is 1.38 bits per heavy atom. The van der Waals surface area contributed by atoms with Crippen LogP contribution < -0.4 is 11.1 Å². The number of amides is 2. The van der Waals surface area contributed by atoms with Crippen molar-refractivity contribution in [1.29, 1.82) is 0 Å². The highest BCUT2D eigenvalue weighted by Crippen LogP contribution is 2.42. The summed E-state index contributed by atoms with van der Waals surface area (Å²) in [5, 5.41) is 12.2. The third kappa shape index (κ3) is 2.59. The molecule has 10 heteroatoms. The van der Waals surface area contributed by atoms with Crippen molar-refractivity contribution in [2.45, 2.75) is 18.3 Å². The summed E-state index contributed by atoms with van der Waals surface area (Å²) in [7, 11) is 0. The first-order chi connectivity index (χ1) is 12.4. The van der Waals surface area contributed by atoms with Gasteiger partial charge in [-0.05, 0) is 41.5 Å². The minimum atomic E-state index is -0.905. The van der Waals surface area contributed by atoms with E-state index in [-0.39, 0.29) is 17.3 Å². The van der Waals surface area contributed by atoms with Crippen molar-refractivity contribution in [3.63, 3.8) is 0 Å². The number of nitrogens with two attached hydrogens (primary N) is 1. The van der Waals surface area contributed by atoms with Crippen LogP contribution in [0.1, 0.15) is 28.9 Å². The van der Waals surface area contributed by atoms with E-state index in [4.69, 9.17) is 5.73 Å². The van der Waals surface area contributed by atoms with Crippen LogP contribution in [0.25, 0.3) is 11.4 Å². The number of carboxylic acid groups (broad SMARTS) is 1. The number of piperidine rings is 1. The summed E-state index contributed by atoms with van der Waals surface area (Å²) >= 11 is 2.15. The number of hydrogen-bond donors (Lipinski definition) is 4. The lowest BCUT2D eigenvalue weighted by molar-refractivity contribution is 0.0863. The van der Waals surface area contributed by atoms with Crippen LogP contribution in [-0.4, -0.2) is 56.6 Å². The maximum Gasteiger partial charge on any atom is 0.407 e. The predicted octanol–water partition coefficient (Wildman–Crippen LogP) is 1.41. The van der Waals surface area contributed by atoms with Crippen molar-refractivity contribution in [3.8, 4) is 11.4 Å². The largest absolute Gasteiger partial charge is 0.465 e. The van der Waals surface area contributed by atoms with E-state index in [1.807, 2.05) is 0 Å². The highest BCUT2D eigenvalue weighted by molar-refractivity contribution is 14.1. The van der Waals surface area contributed by atoms with E-state index in [9.17, 15) is 14.7 Å². The maximum atomic E-state index is 12.5. The van der Waals surface area contributed by atoms with Crippen LogP contribution in [0.4, 0.5) is 10.7 Å². The standard InChI is InChI=1S/C16H17IN6O3/c17-10-9-12(22-11(10)8-1-4-19-14(18)21-8)16(7-20-13(9)24)2-5-23(6-3-16)15(25)26/h1,4,22H,2-3,5-7H2,(H,20,24)(H,25,26)(H2,18,19,21). The molecule has 1 saturated heterocycles.